The second kappa shape index (κ2) is 6.38. The van der Waals surface area contributed by atoms with Gasteiger partial charge in [-0.3, -0.25) is 4.79 Å². The van der Waals surface area contributed by atoms with Crippen LogP contribution < -0.4 is 0 Å². The van der Waals surface area contributed by atoms with Gasteiger partial charge in [-0.25, -0.2) is 0 Å². The van der Waals surface area contributed by atoms with Crippen molar-refractivity contribution in [3.63, 3.8) is 0 Å². The number of hydrogen-bond acceptors (Lipinski definition) is 4. The quantitative estimate of drug-likeness (QED) is 0.854. The molecule has 0 bridgehead atoms. The predicted octanol–water partition coefficient (Wildman–Crippen LogP) is 4.01. The predicted molar refractivity (Wildman–Crippen MR) is 92.3 cm³/mol. The molecule has 0 radical (unpaired) electrons. The summed E-state index contributed by atoms with van der Waals surface area (Å²) in [5, 5.41) is 4.12. The van der Waals surface area contributed by atoms with Crippen LogP contribution in [0.25, 0.3) is 11.4 Å². The molecular weight excluding hydrogens is 302 g/mol. The Labute approximate surface area is 143 Å². The number of aryl methyl sites for hydroxylation is 1. The van der Waals surface area contributed by atoms with Crippen molar-refractivity contribution in [2.45, 2.75) is 53.0 Å². The number of carbonyl (C=O) groups is 1. The van der Waals surface area contributed by atoms with Crippen LogP contribution in [-0.4, -0.2) is 27.5 Å². The van der Waals surface area contributed by atoms with E-state index in [9.17, 15) is 4.79 Å². The highest BCUT2D eigenvalue weighted by Gasteiger charge is 2.38. The summed E-state index contributed by atoms with van der Waals surface area (Å²) in [6.45, 7) is 8.71. The van der Waals surface area contributed by atoms with Gasteiger partial charge in [0, 0.05) is 17.5 Å². The third kappa shape index (κ3) is 3.21. The van der Waals surface area contributed by atoms with E-state index < -0.39 is 5.41 Å². The van der Waals surface area contributed by atoms with E-state index in [-0.39, 0.29) is 11.9 Å². The Balaban J connectivity index is 1.82. The third-order valence-corrected chi connectivity index (χ3v) is 4.50. The van der Waals surface area contributed by atoms with E-state index >= 15 is 0 Å². The zero-order valence-electron chi connectivity index (χ0n) is 14.9. The Morgan fingerprint density at radius 2 is 2.00 bits per heavy atom. The van der Waals surface area contributed by atoms with Gasteiger partial charge in [-0.2, -0.15) is 4.98 Å². The molecule has 24 heavy (non-hydrogen) atoms. The van der Waals surface area contributed by atoms with E-state index in [0.717, 1.165) is 31.4 Å². The van der Waals surface area contributed by atoms with Crippen molar-refractivity contribution in [3.05, 3.63) is 35.7 Å². The summed E-state index contributed by atoms with van der Waals surface area (Å²) >= 11 is 0. The van der Waals surface area contributed by atoms with Gasteiger partial charge in [-0.1, -0.05) is 57.1 Å². The van der Waals surface area contributed by atoms with Crippen molar-refractivity contribution in [2.75, 3.05) is 6.54 Å². The van der Waals surface area contributed by atoms with Crippen LogP contribution in [0.5, 0.6) is 0 Å². The van der Waals surface area contributed by atoms with E-state index in [0.29, 0.717) is 11.7 Å². The molecule has 1 fully saturated rings. The molecule has 0 spiro atoms. The Morgan fingerprint density at radius 3 is 2.62 bits per heavy atom. The fourth-order valence-electron chi connectivity index (χ4n) is 3.07. The topological polar surface area (TPSA) is 59.2 Å². The molecule has 5 heteroatoms. The van der Waals surface area contributed by atoms with Gasteiger partial charge < -0.3 is 9.42 Å². The molecule has 0 saturated carbocycles. The zero-order valence-corrected chi connectivity index (χ0v) is 14.9. The first kappa shape index (κ1) is 16.7. The first-order valence-electron chi connectivity index (χ1n) is 8.64. The number of amides is 1. The van der Waals surface area contributed by atoms with Crippen LogP contribution in [-0.2, 0) is 11.2 Å². The molecule has 2 heterocycles. The van der Waals surface area contributed by atoms with Gasteiger partial charge in [0.1, 0.15) is 6.04 Å². The number of hydrogen-bond donors (Lipinski definition) is 0. The molecule has 0 N–H and O–H groups in total. The SMILES string of the molecule is CCc1ccc(-c2noc(C3CCCN3C(=O)C(C)(C)C)n2)cc1. The van der Waals surface area contributed by atoms with Crippen molar-refractivity contribution in [1.82, 2.24) is 15.0 Å². The highest BCUT2D eigenvalue weighted by Crippen LogP contribution is 2.35. The summed E-state index contributed by atoms with van der Waals surface area (Å²) in [6, 6.07) is 8.08. The molecule has 1 aromatic carbocycles. The summed E-state index contributed by atoms with van der Waals surface area (Å²) in [5.74, 6) is 1.26. The molecule has 1 atom stereocenters. The maximum atomic E-state index is 12.6. The fraction of sp³-hybridized carbons (Fsp3) is 0.526. The first-order chi connectivity index (χ1) is 11.4. The van der Waals surface area contributed by atoms with Gasteiger partial charge in [0.2, 0.25) is 17.6 Å². The van der Waals surface area contributed by atoms with E-state index in [2.05, 4.69) is 29.2 Å². The number of carbonyl (C=O) groups excluding carboxylic acids is 1. The van der Waals surface area contributed by atoms with Gasteiger partial charge in [-0.15, -0.1) is 0 Å². The minimum atomic E-state index is -0.401. The zero-order chi connectivity index (χ0) is 17.3. The fourth-order valence-corrected chi connectivity index (χ4v) is 3.07. The summed E-state index contributed by atoms with van der Waals surface area (Å²) in [7, 11) is 0. The van der Waals surface area contributed by atoms with Crippen molar-refractivity contribution in [1.29, 1.82) is 0 Å². The Morgan fingerprint density at radius 1 is 1.29 bits per heavy atom. The molecule has 1 amide bonds. The van der Waals surface area contributed by atoms with E-state index in [1.54, 1.807) is 0 Å². The number of aromatic nitrogens is 2. The smallest absolute Gasteiger partial charge is 0.249 e. The molecule has 128 valence electrons. The Hall–Kier alpha value is -2.17. The molecule has 0 aliphatic carbocycles. The second-order valence-corrected chi connectivity index (χ2v) is 7.41. The summed E-state index contributed by atoms with van der Waals surface area (Å²) in [5.41, 5.74) is 1.82. The largest absolute Gasteiger partial charge is 0.337 e. The standard InChI is InChI=1S/C19H25N3O2/c1-5-13-8-10-14(11-9-13)16-20-17(24-21-16)15-7-6-12-22(15)18(23)19(2,3)4/h8-11,15H,5-7,12H2,1-4H3. The average Bonchev–Trinajstić information content (AvgIpc) is 3.22. The van der Waals surface area contributed by atoms with Crippen LogP contribution in [0.3, 0.4) is 0 Å². The van der Waals surface area contributed by atoms with Crippen molar-refractivity contribution in [3.8, 4) is 11.4 Å². The minimum absolute atomic E-state index is 0.104. The van der Waals surface area contributed by atoms with Crippen molar-refractivity contribution >= 4 is 5.91 Å². The molecule has 1 saturated heterocycles. The van der Waals surface area contributed by atoms with Gasteiger partial charge in [0.05, 0.1) is 0 Å². The highest BCUT2D eigenvalue weighted by atomic mass is 16.5. The Kier molecular flexibility index (Phi) is 4.43. The van der Waals surface area contributed by atoms with E-state index in [1.165, 1.54) is 5.56 Å². The highest BCUT2D eigenvalue weighted by molar-refractivity contribution is 5.82. The molecular formula is C19H25N3O2. The average molecular weight is 327 g/mol. The van der Waals surface area contributed by atoms with Crippen molar-refractivity contribution in [2.24, 2.45) is 5.41 Å². The number of benzene rings is 1. The van der Waals surface area contributed by atoms with Crippen LogP contribution in [0.2, 0.25) is 0 Å². The minimum Gasteiger partial charge on any atom is -0.337 e. The molecule has 5 nitrogen and oxygen atoms in total. The number of rotatable bonds is 3. The second-order valence-electron chi connectivity index (χ2n) is 7.41. The lowest BCUT2D eigenvalue weighted by atomic mass is 9.94. The maximum absolute atomic E-state index is 12.6. The number of likely N-dealkylation sites (tertiary alicyclic amines) is 1. The third-order valence-electron chi connectivity index (χ3n) is 4.50. The van der Waals surface area contributed by atoms with Crippen LogP contribution in [0.1, 0.15) is 58.0 Å². The molecule has 2 aromatic rings. The van der Waals surface area contributed by atoms with Crippen LogP contribution in [0, 0.1) is 5.41 Å². The van der Waals surface area contributed by atoms with Gasteiger partial charge in [-0.05, 0) is 24.8 Å². The van der Waals surface area contributed by atoms with Crippen molar-refractivity contribution < 1.29 is 9.32 Å². The van der Waals surface area contributed by atoms with E-state index in [1.807, 2.05) is 37.8 Å². The first-order valence-corrected chi connectivity index (χ1v) is 8.64. The Bertz CT molecular complexity index is 713. The lowest BCUT2D eigenvalue weighted by Gasteiger charge is -2.29. The van der Waals surface area contributed by atoms with Crippen LogP contribution in [0.4, 0.5) is 0 Å². The van der Waals surface area contributed by atoms with Crippen LogP contribution >= 0.6 is 0 Å². The summed E-state index contributed by atoms with van der Waals surface area (Å²) in [6.07, 6.45) is 2.84. The molecule has 1 aliphatic rings. The molecule has 1 aromatic heterocycles. The van der Waals surface area contributed by atoms with E-state index in [4.69, 9.17) is 4.52 Å². The molecule has 1 unspecified atom stereocenters. The van der Waals surface area contributed by atoms with Gasteiger partial charge in [0.15, 0.2) is 0 Å². The summed E-state index contributed by atoms with van der Waals surface area (Å²) in [4.78, 5) is 19.1. The summed E-state index contributed by atoms with van der Waals surface area (Å²) < 4.78 is 5.50. The lowest BCUT2D eigenvalue weighted by Crippen LogP contribution is -2.39. The number of nitrogens with zero attached hydrogens (tertiary/aromatic N) is 3. The van der Waals surface area contributed by atoms with Gasteiger partial charge in [0.25, 0.3) is 0 Å². The van der Waals surface area contributed by atoms with Crippen LogP contribution in [0.15, 0.2) is 28.8 Å². The van der Waals surface area contributed by atoms with Gasteiger partial charge >= 0.3 is 0 Å². The maximum Gasteiger partial charge on any atom is 0.249 e. The molecule has 1 aliphatic heterocycles. The normalized spacial score (nSPS) is 18.2. The molecule has 3 rings (SSSR count). The lowest BCUT2D eigenvalue weighted by molar-refractivity contribution is -0.140. The monoisotopic (exact) mass is 327 g/mol.